The molecule has 1 amide bonds. The molecule has 0 bridgehead atoms. The summed E-state index contributed by atoms with van der Waals surface area (Å²) in [5, 5.41) is 14.7. The zero-order valence-corrected chi connectivity index (χ0v) is 12.5. The smallest absolute Gasteiger partial charge is 0.217 e. The van der Waals surface area contributed by atoms with Crippen molar-refractivity contribution in [1.82, 2.24) is 25.1 Å². The summed E-state index contributed by atoms with van der Waals surface area (Å²) >= 11 is 6.32. The van der Waals surface area contributed by atoms with Gasteiger partial charge < -0.3 is 5.32 Å². The van der Waals surface area contributed by atoms with E-state index in [0.29, 0.717) is 16.5 Å². The number of carbonyl (C=O) groups is 1. The van der Waals surface area contributed by atoms with Crippen LogP contribution in [0.5, 0.6) is 0 Å². The fraction of sp³-hybridized carbons (Fsp3) is 0.583. The Balaban J connectivity index is 2.51. The van der Waals surface area contributed by atoms with Crippen molar-refractivity contribution in [3.8, 4) is 0 Å². The highest BCUT2D eigenvalue weighted by Crippen LogP contribution is 2.31. The molecule has 2 N–H and O–H groups in total. The van der Waals surface area contributed by atoms with Gasteiger partial charge in [-0.2, -0.15) is 0 Å². The van der Waals surface area contributed by atoms with Crippen LogP contribution in [0.15, 0.2) is 0 Å². The molecule has 0 radical (unpaired) electrons. The molecule has 0 saturated carbocycles. The van der Waals surface area contributed by atoms with Gasteiger partial charge in [-0.05, 0) is 6.92 Å². The second kappa shape index (κ2) is 4.52. The molecule has 1 atom stereocenters. The number of nitrogens with one attached hydrogen (secondary N) is 2. The summed E-state index contributed by atoms with van der Waals surface area (Å²) in [5.41, 5.74) is 1.36. The van der Waals surface area contributed by atoms with Crippen LogP contribution in [0, 0.1) is 0 Å². The molecule has 0 spiro atoms. The number of aromatic nitrogens is 4. The van der Waals surface area contributed by atoms with Crippen LogP contribution in [0.4, 0.5) is 0 Å². The lowest BCUT2D eigenvalue weighted by Gasteiger charge is -2.16. The van der Waals surface area contributed by atoms with Crippen LogP contribution < -0.4 is 5.32 Å². The summed E-state index contributed by atoms with van der Waals surface area (Å²) in [6, 6.07) is -0.241. The molecular weight excluding hydrogens is 266 g/mol. The quantitative estimate of drug-likeness (QED) is 0.887. The monoisotopic (exact) mass is 283 g/mol. The van der Waals surface area contributed by atoms with E-state index >= 15 is 0 Å². The highest BCUT2D eigenvalue weighted by Gasteiger charge is 2.26. The van der Waals surface area contributed by atoms with E-state index < -0.39 is 0 Å². The minimum atomic E-state index is -0.241. The molecule has 2 rings (SSSR count). The largest absolute Gasteiger partial charge is 0.347 e. The van der Waals surface area contributed by atoms with Crippen molar-refractivity contribution >= 4 is 23.2 Å². The van der Waals surface area contributed by atoms with E-state index in [1.807, 2.05) is 6.92 Å². The van der Waals surface area contributed by atoms with Crippen LogP contribution in [0.3, 0.4) is 0 Å². The lowest BCUT2D eigenvalue weighted by Crippen LogP contribution is -2.25. The molecular formula is C12H18ClN5O. The van der Waals surface area contributed by atoms with Gasteiger partial charge in [0.25, 0.3) is 0 Å². The molecule has 104 valence electrons. The van der Waals surface area contributed by atoms with Crippen molar-refractivity contribution in [3.05, 3.63) is 16.5 Å². The van der Waals surface area contributed by atoms with Gasteiger partial charge in [0.1, 0.15) is 5.02 Å². The first kappa shape index (κ1) is 13.9. The topological polar surface area (TPSA) is 75.1 Å². The lowest BCUT2D eigenvalue weighted by atomic mass is 9.92. The lowest BCUT2D eigenvalue weighted by molar-refractivity contribution is -0.119. The number of fused-ring (bicyclic) bond motifs is 1. The SMILES string of the molecule is CC(=O)NC(C)c1nnc2c(Cl)c(C(C)(C)C)[nH]n12. The van der Waals surface area contributed by atoms with Gasteiger partial charge in [0.05, 0.1) is 11.7 Å². The van der Waals surface area contributed by atoms with E-state index in [-0.39, 0.29) is 17.4 Å². The van der Waals surface area contributed by atoms with Crippen LogP contribution in [-0.2, 0) is 10.2 Å². The molecule has 0 fully saturated rings. The number of halogens is 1. The molecule has 0 aliphatic rings. The number of amides is 1. The Labute approximate surface area is 116 Å². The summed E-state index contributed by atoms with van der Waals surface area (Å²) in [6.07, 6.45) is 0. The molecule has 7 heteroatoms. The summed E-state index contributed by atoms with van der Waals surface area (Å²) in [5.74, 6) is 0.514. The second-order valence-corrected chi connectivity index (χ2v) is 6.07. The van der Waals surface area contributed by atoms with Crippen molar-refractivity contribution in [2.45, 2.75) is 46.1 Å². The third-order valence-electron chi connectivity index (χ3n) is 2.88. The number of rotatable bonds is 2. The number of hydrogen-bond acceptors (Lipinski definition) is 3. The normalized spacial score (nSPS) is 13.8. The first-order chi connectivity index (χ1) is 8.71. The van der Waals surface area contributed by atoms with Gasteiger partial charge in [-0.1, -0.05) is 32.4 Å². The summed E-state index contributed by atoms with van der Waals surface area (Å²) < 4.78 is 1.73. The van der Waals surface area contributed by atoms with Gasteiger partial charge in [-0.15, -0.1) is 10.2 Å². The Morgan fingerprint density at radius 3 is 2.58 bits per heavy atom. The summed E-state index contributed by atoms with van der Waals surface area (Å²) in [4.78, 5) is 11.1. The highest BCUT2D eigenvalue weighted by molar-refractivity contribution is 6.34. The summed E-state index contributed by atoms with van der Waals surface area (Å²) in [7, 11) is 0. The van der Waals surface area contributed by atoms with Crippen LogP contribution in [0.1, 0.15) is 52.2 Å². The van der Waals surface area contributed by atoms with Crippen LogP contribution in [0.25, 0.3) is 5.65 Å². The second-order valence-electron chi connectivity index (χ2n) is 5.69. The minimum Gasteiger partial charge on any atom is -0.347 e. The van der Waals surface area contributed by atoms with Crippen molar-refractivity contribution < 1.29 is 4.79 Å². The number of H-pyrrole nitrogens is 1. The average Bonchev–Trinajstić information content (AvgIpc) is 2.77. The maximum Gasteiger partial charge on any atom is 0.217 e. The predicted molar refractivity (Wildman–Crippen MR) is 73.3 cm³/mol. The first-order valence-electron chi connectivity index (χ1n) is 6.12. The van der Waals surface area contributed by atoms with Gasteiger partial charge in [0, 0.05) is 12.3 Å². The maximum absolute atomic E-state index is 11.1. The zero-order chi connectivity index (χ0) is 14.4. The van der Waals surface area contributed by atoms with E-state index in [1.54, 1.807) is 4.52 Å². The predicted octanol–water partition coefficient (Wildman–Crippen LogP) is 2.21. The Morgan fingerprint density at radius 1 is 1.42 bits per heavy atom. The number of hydrogen-bond donors (Lipinski definition) is 2. The molecule has 1 unspecified atom stereocenters. The van der Waals surface area contributed by atoms with E-state index in [9.17, 15) is 4.79 Å². The van der Waals surface area contributed by atoms with Gasteiger partial charge in [0.2, 0.25) is 5.91 Å². The van der Waals surface area contributed by atoms with E-state index in [4.69, 9.17) is 11.6 Å². The molecule has 2 aromatic rings. The fourth-order valence-corrected chi connectivity index (χ4v) is 2.42. The average molecular weight is 284 g/mol. The number of aromatic amines is 1. The molecule has 0 aliphatic carbocycles. The van der Waals surface area contributed by atoms with Crippen molar-refractivity contribution in [2.24, 2.45) is 0 Å². The van der Waals surface area contributed by atoms with Crippen LogP contribution in [-0.4, -0.2) is 25.7 Å². The van der Waals surface area contributed by atoms with Gasteiger partial charge >= 0.3 is 0 Å². The molecule has 2 aromatic heterocycles. The molecule has 0 aromatic carbocycles. The number of nitrogens with zero attached hydrogens (tertiary/aromatic N) is 3. The Morgan fingerprint density at radius 2 is 2.05 bits per heavy atom. The first-order valence-corrected chi connectivity index (χ1v) is 6.49. The Hall–Kier alpha value is -1.56. The molecule has 0 saturated heterocycles. The third kappa shape index (κ3) is 2.45. The number of carbonyl (C=O) groups excluding carboxylic acids is 1. The molecule has 2 heterocycles. The van der Waals surface area contributed by atoms with E-state index in [2.05, 4.69) is 41.4 Å². The maximum atomic E-state index is 11.1. The van der Waals surface area contributed by atoms with Crippen LogP contribution >= 0.6 is 11.6 Å². The Kier molecular flexibility index (Phi) is 3.30. The van der Waals surface area contributed by atoms with E-state index in [0.717, 1.165) is 5.69 Å². The van der Waals surface area contributed by atoms with E-state index in [1.165, 1.54) is 6.92 Å². The van der Waals surface area contributed by atoms with Gasteiger partial charge in [-0.25, -0.2) is 4.52 Å². The zero-order valence-electron chi connectivity index (χ0n) is 11.7. The van der Waals surface area contributed by atoms with Crippen molar-refractivity contribution in [3.63, 3.8) is 0 Å². The van der Waals surface area contributed by atoms with Crippen molar-refractivity contribution in [1.29, 1.82) is 0 Å². The molecule has 6 nitrogen and oxygen atoms in total. The van der Waals surface area contributed by atoms with Crippen LogP contribution in [0.2, 0.25) is 5.02 Å². The third-order valence-corrected chi connectivity index (χ3v) is 3.24. The van der Waals surface area contributed by atoms with Gasteiger partial charge in [0.15, 0.2) is 11.5 Å². The summed E-state index contributed by atoms with van der Waals surface area (Å²) in [6.45, 7) is 9.51. The Bertz CT molecular complexity index is 622. The van der Waals surface area contributed by atoms with Gasteiger partial charge in [-0.3, -0.25) is 9.89 Å². The van der Waals surface area contributed by atoms with Crippen molar-refractivity contribution in [2.75, 3.05) is 0 Å². The molecule has 19 heavy (non-hydrogen) atoms. The minimum absolute atomic E-state index is 0.113. The fourth-order valence-electron chi connectivity index (χ4n) is 1.97. The molecule has 0 aliphatic heterocycles. The standard InChI is InChI=1S/C12H18ClN5O/c1-6(14-7(2)19)10-15-16-11-8(13)9(12(3,4)5)17-18(10)11/h6,17H,1-5H3,(H,14,19). The highest BCUT2D eigenvalue weighted by atomic mass is 35.5.